The van der Waals surface area contributed by atoms with Crippen LogP contribution in [0.5, 0.6) is 0 Å². The summed E-state index contributed by atoms with van der Waals surface area (Å²) < 4.78 is 1.63. The van der Waals surface area contributed by atoms with Gasteiger partial charge in [0.2, 0.25) is 0 Å². The fourth-order valence-electron chi connectivity index (χ4n) is 5.09. The Kier molecular flexibility index (Phi) is 3.86. The van der Waals surface area contributed by atoms with Gasteiger partial charge < -0.3 is 10.0 Å². The van der Waals surface area contributed by atoms with Gasteiger partial charge in [0.25, 0.3) is 5.91 Å². The average Bonchev–Trinajstić information content (AvgIpc) is 3.27. The van der Waals surface area contributed by atoms with Gasteiger partial charge in [0.1, 0.15) is 5.41 Å². The molecule has 3 heterocycles. The number of nitrogens with zero attached hydrogens (tertiary/aromatic N) is 4. The molecule has 0 radical (unpaired) electrons. The lowest BCUT2D eigenvalue weighted by molar-refractivity contribution is -0.148. The second-order valence-corrected chi connectivity index (χ2v) is 8.01. The van der Waals surface area contributed by atoms with Gasteiger partial charge in [0, 0.05) is 51.4 Å². The number of amides is 1. The molecule has 7 heteroatoms. The lowest BCUT2D eigenvalue weighted by atomic mass is 9.81. The average molecular weight is 346 g/mol. The number of likely N-dealkylation sites (tertiary alicyclic amines) is 2. The van der Waals surface area contributed by atoms with Crippen LogP contribution < -0.4 is 0 Å². The molecule has 2 atom stereocenters. The molecule has 0 unspecified atom stereocenters. The number of carboxylic acid groups (broad SMARTS) is 1. The van der Waals surface area contributed by atoms with E-state index in [9.17, 15) is 14.7 Å². The molecule has 136 valence electrons. The van der Waals surface area contributed by atoms with E-state index in [1.807, 2.05) is 6.92 Å². The number of hydrogen-bond acceptors (Lipinski definition) is 4. The van der Waals surface area contributed by atoms with Crippen molar-refractivity contribution in [3.8, 4) is 0 Å². The van der Waals surface area contributed by atoms with Crippen molar-refractivity contribution in [2.45, 2.75) is 38.6 Å². The standard InChI is InChI=1S/C18H26N4O3/c1-12-15(9-20(2)19-12)16(23)22-8-13-7-21(14-5-3-4-6-14)10-18(13,11-22)17(24)25/h9,13-14H,3-8,10-11H2,1-2H3,(H,24,25)/t13-,18-/m1/s1. The van der Waals surface area contributed by atoms with Crippen LogP contribution in [0.4, 0.5) is 0 Å². The molecule has 2 aliphatic heterocycles. The lowest BCUT2D eigenvalue weighted by Crippen LogP contribution is -2.43. The summed E-state index contributed by atoms with van der Waals surface area (Å²) in [4.78, 5) is 29.1. The molecule has 2 saturated heterocycles. The van der Waals surface area contributed by atoms with E-state index in [1.165, 1.54) is 25.7 Å². The van der Waals surface area contributed by atoms with E-state index in [-0.39, 0.29) is 11.8 Å². The molecule has 7 nitrogen and oxygen atoms in total. The quantitative estimate of drug-likeness (QED) is 0.888. The Hall–Kier alpha value is -1.89. The number of aliphatic carboxylic acids is 1. The van der Waals surface area contributed by atoms with Gasteiger partial charge in [-0.2, -0.15) is 5.10 Å². The number of hydrogen-bond donors (Lipinski definition) is 1. The summed E-state index contributed by atoms with van der Waals surface area (Å²) in [5.41, 5.74) is 0.464. The van der Waals surface area contributed by atoms with E-state index in [1.54, 1.807) is 22.8 Å². The molecule has 1 aromatic heterocycles. The molecule has 1 saturated carbocycles. The summed E-state index contributed by atoms with van der Waals surface area (Å²) in [5.74, 6) is -0.823. The second-order valence-electron chi connectivity index (χ2n) is 8.01. The number of carbonyl (C=O) groups excluding carboxylic acids is 1. The van der Waals surface area contributed by atoms with Crippen LogP contribution in [0.2, 0.25) is 0 Å². The third-order valence-corrected chi connectivity index (χ3v) is 6.43. The molecular weight excluding hydrogens is 320 g/mol. The number of aryl methyl sites for hydroxylation is 2. The van der Waals surface area contributed by atoms with Crippen LogP contribution in [0.25, 0.3) is 0 Å². The maximum Gasteiger partial charge on any atom is 0.313 e. The van der Waals surface area contributed by atoms with Gasteiger partial charge in [0.05, 0.1) is 11.3 Å². The number of fused-ring (bicyclic) bond motifs is 1. The molecular formula is C18H26N4O3. The van der Waals surface area contributed by atoms with E-state index in [4.69, 9.17) is 0 Å². The van der Waals surface area contributed by atoms with Crippen LogP contribution in [0.15, 0.2) is 6.20 Å². The third kappa shape index (κ3) is 2.56. The van der Waals surface area contributed by atoms with Gasteiger partial charge in [-0.05, 0) is 19.8 Å². The Morgan fingerprint density at radius 3 is 2.52 bits per heavy atom. The van der Waals surface area contributed by atoms with Crippen molar-refractivity contribution in [3.63, 3.8) is 0 Å². The molecule has 0 aromatic carbocycles. The lowest BCUT2D eigenvalue weighted by Gasteiger charge is -2.28. The predicted molar refractivity (Wildman–Crippen MR) is 91.2 cm³/mol. The summed E-state index contributed by atoms with van der Waals surface area (Å²) in [6, 6.07) is 0.534. The molecule has 1 aromatic rings. The van der Waals surface area contributed by atoms with Gasteiger partial charge in [-0.1, -0.05) is 12.8 Å². The van der Waals surface area contributed by atoms with Crippen LogP contribution >= 0.6 is 0 Å². The molecule has 25 heavy (non-hydrogen) atoms. The molecule has 0 spiro atoms. The molecule has 3 fully saturated rings. The highest BCUT2D eigenvalue weighted by atomic mass is 16.4. The SMILES string of the molecule is Cc1nn(C)cc1C(=O)N1C[C@H]2CN(C3CCCC3)C[C@@]2(C(=O)O)C1. The first kappa shape index (κ1) is 16.6. The molecule has 0 bridgehead atoms. The molecule has 1 N–H and O–H groups in total. The number of carboxylic acids is 1. The van der Waals surface area contributed by atoms with Crippen LogP contribution in [0.1, 0.15) is 41.7 Å². The minimum Gasteiger partial charge on any atom is -0.481 e. The molecule has 3 aliphatic rings. The smallest absolute Gasteiger partial charge is 0.313 e. The van der Waals surface area contributed by atoms with Gasteiger partial charge >= 0.3 is 5.97 Å². The summed E-state index contributed by atoms with van der Waals surface area (Å²) in [6.45, 7) is 4.03. The van der Waals surface area contributed by atoms with E-state index in [0.29, 0.717) is 36.9 Å². The zero-order chi connectivity index (χ0) is 17.8. The van der Waals surface area contributed by atoms with E-state index < -0.39 is 11.4 Å². The Morgan fingerprint density at radius 1 is 1.24 bits per heavy atom. The second kappa shape index (κ2) is 5.83. The van der Waals surface area contributed by atoms with Crippen molar-refractivity contribution in [2.75, 3.05) is 26.2 Å². The first-order chi connectivity index (χ1) is 11.9. The maximum absolute atomic E-state index is 12.9. The highest BCUT2D eigenvalue weighted by Crippen LogP contribution is 2.45. The monoisotopic (exact) mass is 346 g/mol. The number of carbonyl (C=O) groups is 2. The molecule has 1 amide bonds. The first-order valence-corrected chi connectivity index (χ1v) is 9.18. The van der Waals surface area contributed by atoms with Crippen LogP contribution in [-0.2, 0) is 11.8 Å². The Labute approximate surface area is 147 Å². The van der Waals surface area contributed by atoms with Gasteiger partial charge in [-0.3, -0.25) is 19.2 Å². The number of aromatic nitrogens is 2. The molecule has 4 rings (SSSR count). The summed E-state index contributed by atoms with van der Waals surface area (Å²) in [7, 11) is 1.79. The number of rotatable bonds is 3. The van der Waals surface area contributed by atoms with Crippen molar-refractivity contribution >= 4 is 11.9 Å². The maximum atomic E-state index is 12.9. The first-order valence-electron chi connectivity index (χ1n) is 9.18. The minimum absolute atomic E-state index is 0.0199. The summed E-state index contributed by atoms with van der Waals surface area (Å²) in [6.07, 6.45) is 6.58. The van der Waals surface area contributed by atoms with Crippen molar-refractivity contribution in [3.05, 3.63) is 17.5 Å². The van der Waals surface area contributed by atoms with E-state index in [2.05, 4.69) is 10.00 Å². The fourth-order valence-corrected chi connectivity index (χ4v) is 5.09. The van der Waals surface area contributed by atoms with Crippen molar-refractivity contribution < 1.29 is 14.7 Å². The van der Waals surface area contributed by atoms with E-state index >= 15 is 0 Å². The highest BCUT2D eigenvalue weighted by molar-refractivity contribution is 5.96. The Balaban J connectivity index is 1.54. The molecule has 1 aliphatic carbocycles. The van der Waals surface area contributed by atoms with Crippen molar-refractivity contribution in [1.29, 1.82) is 0 Å². The van der Waals surface area contributed by atoms with E-state index in [0.717, 1.165) is 6.54 Å². The summed E-state index contributed by atoms with van der Waals surface area (Å²) >= 11 is 0. The minimum atomic E-state index is -0.811. The normalized spacial score (nSPS) is 30.2. The Morgan fingerprint density at radius 2 is 1.96 bits per heavy atom. The van der Waals surface area contributed by atoms with Crippen LogP contribution in [-0.4, -0.2) is 68.8 Å². The fraction of sp³-hybridized carbons (Fsp3) is 0.722. The zero-order valence-electron chi connectivity index (χ0n) is 14.9. The Bertz CT molecular complexity index is 709. The van der Waals surface area contributed by atoms with Gasteiger partial charge in [-0.15, -0.1) is 0 Å². The van der Waals surface area contributed by atoms with Gasteiger partial charge in [0.15, 0.2) is 0 Å². The largest absolute Gasteiger partial charge is 0.481 e. The van der Waals surface area contributed by atoms with Crippen molar-refractivity contribution in [2.24, 2.45) is 18.4 Å². The van der Waals surface area contributed by atoms with Crippen LogP contribution in [0.3, 0.4) is 0 Å². The zero-order valence-corrected chi connectivity index (χ0v) is 14.9. The van der Waals surface area contributed by atoms with Crippen molar-refractivity contribution in [1.82, 2.24) is 19.6 Å². The highest BCUT2D eigenvalue weighted by Gasteiger charge is 2.59. The van der Waals surface area contributed by atoms with Gasteiger partial charge in [-0.25, -0.2) is 0 Å². The third-order valence-electron chi connectivity index (χ3n) is 6.43. The topological polar surface area (TPSA) is 78.7 Å². The van der Waals surface area contributed by atoms with Crippen LogP contribution in [0, 0.1) is 18.3 Å². The predicted octanol–water partition coefficient (Wildman–Crippen LogP) is 1.13. The summed E-state index contributed by atoms with van der Waals surface area (Å²) in [5, 5.41) is 14.2.